The van der Waals surface area contributed by atoms with Gasteiger partial charge in [-0.3, -0.25) is 9.59 Å². The van der Waals surface area contributed by atoms with E-state index in [1.807, 2.05) is 24.3 Å². The van der Waals surface area contributed by atoms with Crippen LogP contribution >= 0.6 is 0 Å². The summed E-state index contributed by atoms with van der Waals surface area (Å²) in [6, 6.07) is 13.6. The number of aliphatic hydroxyl groups excluding tert-OH is 1. The van der Waals surface area contributed by atoms with Crippen molar-refractivity contribution in [1.29, 1.82) is 0 Å². The highest BCUT2D eigenvalue weighted by Gasteiger charge is 2.49. The Bertz CT molecular complexity index is 1660. The number of nitrogens with one attached hydrogen (secondary N) is 1. The Morgan fingerprint density at radius 1 is 1.06 bits per heavy atom. The Labute approximate surface area is 297 Å². The topological polar surface area (TPSA) is 122 Å². The number of allylic oxidation sites excluding steroid dienone is 2. The Morgan fingerprint density at radius 2 is 1.84 bits per heavy atom. The van der Waals surface area contributed by atoms with Crippen molar-refractivity contribution in [2.45, 2.75) is 89.9 Å². The van der Waals surface area contributed by atoms with E-state index in [0.29, 0.717) is 31.0 Å². The van der Waals surface area contributed by atoms with Crippen molar-refractivity contribution in [1.82, 2.24) is 5.32 Å². The maximum atomic E-state index is 14.4. The summed E-state index contributed by atoms with van der Waals surface area (Å²) in [5.74, 6) is 7.85. The number of hydrogen-bond acceptors (Lipinski definition) is 7. The number of aliphatic hydroxyl groups is 1. The number of methoxy groups -OCH3 is 1. The minimum atomic E-state index is -0.395. The first-order valence-corrected chi connectivity index (χ1v) is 18.8. The molecule has 0 saturated heterocycles. The van der Waals surface area contributed by atoms with Gasteiger partial charge in [0.1, 0.15) is 11.6 Å². The normalized spacial score (nSPS) is 27.4. The first kappa shape index (κ1) is 35.8. The summed E-state index contributed by atoms with van der Waals surface area (Å²) in [5.41, 5.74) is 10.3. The number of aryl methyl sites for hydroxylation is 1. The SMILES string of the molecule is CCCC(CO)C1CC2C(=O)CC(=O)CCc3cc(OC)c(O)cc3C(c3ccccc3)C#CC2CC(C2(C3=CCNC(N)=C3)CCCC2)C1. The summed E-state index contributed by atoms with van der Waals surface area (Å²) >= 11 is 0. The van der Waals surface area contributed by atoms with Gasteiger partial charge in [-0.15, -0.1) is 0 Å². The summed E-state index contributed by atoms with van der Waals surface area (Å²) in [4.78, 5) is 28.0. The molecule has 0 aromatic heterocycles. The summed E-state index contributed by atoms with van der Waals surface area (Å²) in [5, 5.41) is 25.0. The van der Waals surface area contributed by atoms with Gasteiger partial charge in [-0.25, -0.2) is 0 Å². The summed E-state index contributed by atoms with van der Waals surface area (Å²) in [6.45, 7) is 2.95. The van der Waals surface area contributed by atoms with E-state index < -0.39 is 5.92 Å². The van der Waals surface area contributed by atoms with Crippen molar-refractivity contribution in [2.24, 2.45) is 40.7 Å². The zero-order valence-electron chi connectivity index (χ0n) is 29.8. The molecule has 2 aromatic rings. The lowest BCUT2D eigenvalue weighted by molar-refractivity contribution is -0.130. The van der Waals surface area contributed by atoms with Crippen LogP contribution in [0.4, 0.5) is 0 Å². The van der Waals surface area contributed by atoms with Crippen LogP contribution in [0.1, 0.15) is 100 Å². The molecule has 6 rings (SSSR count). The highest BCUT2D eigenvalue weighted by molar-refractivity contribution is 6.00. The van der Waals surface area contributed by atoms with Gasteiger partial charge in [0.2, 0.25) is 0 Å². The van der Waals surface area contributed by atoms with Crippen LogP contribution in [0.3, 0.4) is 0 Å². The van der Waals surface area contributed by atoms with Gasteiger partial charge in [0.15, 0.2) is 11.5 Å². The van der Waals surface area contributed by atoms with Crippen molar-refractivity contribution >= 4 is 11.6 Å². The molecule has 1 aliphatic heterocycles. The largest absolute Gasteiger partial charge is 0.504 e. The smallest absolute Gasteiger partial charge is 0.160 e. The number of fused-ring (bicyclic) bond motifs is 2. The number of Topliss-reactive ketones (excluding diaryl/α,β-unsaturated/α-hetero) is 2. The number of ketones is 2. The fourth-order valence-corrected chi connectivity index (χ4v) is 9.70. The molecule has 2 aromatic carbocycles. The van der Waals surface area contributed by atoms with Crippen LogP contribution < -0.4 is 15.8 Å². The molecule has 6 unspecified atom stereocenters. The van der Waals surface area contributed by atoms with Crippen molar-refractivity contribution in [3.63, 3.8) is 0 Å². The number of phenols is 1. The lowest BCUT2D eigenvalue weighted by Gasteiger charge is -2.42. The van der Waals surface area contributed by atoms with E-state index in [1.165, 1.54) is 12.7 Å². The molecule has 7 heteroatoms. The van der Waals surface area contributed by atoms with Crippen LogP contribution in [0.25, 0.3) is 0 Å². The van der Waals surface area contributed by atoms with E-state index in [-0.39, 0.29) is 71.8 Å². The molecule has 0 amide bonds. The third-order valence-corrected chi connectivity index (χ3v) is 12.3. The molecule has 266 valence electrons. The highest BCUT2D eigenvalue weighted by atomic mass is 16.5. The Balaban J connectivity index is 1.52. The number of benzene rings is 2. The second-order valence-electron chi connectivity index (χ2n) is 15.1. The second kappa shape index (κ2) is 15.9. The molecule has 50 heavy (non-hydrogen) atoms. The number of rotatable bonds is 8. The average Bonchev–Trinajstić information content (AvgIpc) is 3.54. The number of phenolic OH excluding ortho intramolecular Hbond substituents is 1. The highest BCUT2D eigenvalue weighted by Crippen LogP contribution is 2.57. The minimum Gasteiger partial charge on any atom is -0.504 e. The monoisotopic (exact) mass is 678 g/mol. The van der Waals surface area contributed by atoms with Crippen LogP contribution in [-0.4, -0.2) is 42.0 Å². The number of hydrogen-bond donors (Lipinski definition) is 4. The Hall–Kier alpha value is -4.02. The standard InChI is InChI=1S/C43H54N2O5/c1-3-9-31(27-46)32-21-34(43(17-7-8-18-43)33-16-19-45-42(44)24-33)20-29-13-15-36(28-10-5-4-6-11-28)37-26-40(49)41(50-2)23-30(37)12-14-35(47)25-39(48)38(29)22-32/h4-6,10-11,16,23-24,26,29,31-32,34,36,38,45-46,49H,3,7-9,12,14,17-22,25,27,44H2,1-2H3. The van der Waals surface area contributed by atoms with Crippen LogP contribution in [0.15, 0.2) is 66.0 Å². The average molecular weight is 679 g/mol. The van der Waals surface area contributed by atoms with Gasteiger partial charge in [0, 0.05) is 31.4 Å². The number of carbonyl (C=O) groups is 2. The molecule has 0 bridgehead atoms. The fraction of sp³-hybridized carbons (Fsp3) is 0.535. The second-order valence-corrected chi connectivity index (χ2v) is 15.1. The molecule has 6 atom stereocenters. The van der Waals surface area contributed by atoms with E-state index in [2.05, 4.69) is 48.4 Å². The zero-order chi connectivity index (χ0) is 35.3. The summed E-state index contributed by atoms with van der Waals surface area (Å²) < 4.78 is 5.47. The molecular weight excluding hydrogens is 624 g/mol. The molecule has 1 heterocycles. The predicted octanol–water partition coefficient (Wildman–Crippen LogP) is 6.96. The van der Waals surface area contributed by atoms with E-state index in [0.717, 1.165) is 68.1 Å². The van der Waals surface area contributed by atoms with Gasteiger partial charge >= 0.3 is 0 Å². The first-order valence-electron chi connectivity index (χ1n) is 18.8. The quantitative estimate of drug-likeness (QED) is 0.176. The summed E-state index contributed by atoms with van der Waals surface area (Å²) in [7, 11) is 1.52. The molecule has 5 N–H and O–H groups in total. The third-order valence-electron chi connectivity index (χ3n) is 12.3. The molecule has 7 nitrogen and oxygen atoms in total. The fourth-order valence-electron chi connectivity index (χ4n) is 9.70. The van der Waals surface area contributed by atoms with Gasteiger partial charge in [-0.05, 0) is 109 Å². The number of ether oxygens (including phenoxy) is 1. The Morgan fingerprint density at radius 3 is 2.54 bits per heavy atom. The maximum Gasteiger partial charge on any atom is 0.160 e. The van der Waals surface area contributed by atoms with E-state index >= 15 is 0 Å². The van der Waals surface area contributed by atoms with E-state index in [4.69, 9.17) is 10.5 Å². The molecule has 2 saturated carbocycles. The first-order chi connectivity index (χ1) is 24.3. The van der Waals surface area contributed by atoms with Gasteiger partial charge in [-0.1, -0.05) is 74.4 Å². The van der Waals surface area contributed by atoms with Gasteiger partial charge in [-0.2, -0.15) is 0 Å². The van der Waals surface area contributed by atoms with Crippen LogP contribution in [0.5, 0.6) is 11.5 Å². The molecule has 3 aliphatic carbocycles. The minimum absolute atomic E-state index is 0.0147. The van der Waals surface area contributed by atoms with Crippen LogP contribution in [0, 0.1) is 46.8 Å². The molecule has 2 fully saturated rings. The molecule has 0 spiro atoms. The lowest BCUT2D eigenvalue weighted by Crippen LogP contribution is -2.36. The van der Waals surface area contributed by atoms with Gasteiger partial charge < -0.3 is 26.0 Å². The van der Waals surface area contributed by atoms with Gasteiger partial charge in [0.25, 0.3) is 0 Å². The Kier molecular flexibility index (Phi) is 11.4. The number of aromatic hydroxyl groups is 1. The number of dihydropyridines is 1. The molecular formula is C43H54N2O5. The van der Waals surface area contributed by atoms with E-state index in [9.17, 15) is 19.8 Å². The molecule has 4 aliphatic rings. The van der Waals surface area contributed by atoms with Crippen molar-refractivity contribution in [3.8, 4) is 23.3 Å². The van der Waals surface area contributed by atoms with Crippen molar-refractivity contribution in [2.75, 3.05) is 20.3 Å². The predicted molar refractivity (Wildman–Crippen MR) is 196 cm³/mol. The number of nitrogens with two attached hydrogens (primary N) is 1. The number of carbonyl (C=O) groups excluding carboxylic acids is 2. The summed E-state index contributed by atoms with van der Waals surface area (Å²) in [6.07, 6.45) is 13.5. The lowest BCUT2D eigenvalue weighted by atomic mass is 9.62. The van der Waals surface area contributed by atoms with E-state index in [1.54, 1.807) is 6.07 Å². The van der Waals surface area contributed by atoms with Crippen molar-refractivity contribution in [3.05, 3.63) is 82.7 Å². The van der Waals surface area contributed by atoms with Crippen LogP contribution in [0.2, 0.25) is 0 Å². The zero-order valence-corrected chi connectivity index (χ0v) is 29.8. The maximum absolute atomic E-state index is 14.4. The van der Waals surface area contributed by atoms with Crippen molar-refractivity contribution < 1.29 is 24.5 Å². The third kappa shape index (κ3) is 7.51. The van der Waals surface area contributed by atoms with Crippen LogP contribution in [-0.2, 0) is 16.0 Å². The van der Waals surface area contributed by atoms with Gasteiger partial charge in [0.05, 0.1) is 25.3 Å². The molecule has 0 radical (unpaired) electrons.